The van der Waals surface area contributed by atoms with E-state index in [0.717, 1.165) is 47.1 Å². The molecule has 90 heavy (non-hydrogen) atoms. The number of morpholine rings is 1. The van der Waals surface area contributed by atoms with E-state index in [2.05, 4.69) is 38.7 Å². The first kappa shape index (κ1) is 67.0. The Kier molecular flexibility index (Phi) is 19.9. The largest absolute Gasteiger partial charge is 0.444 e. The molecule has 3 N–H and O–H groups in total. The number of halogens is 1. The first-order chi connectivity index (χ1) is 42.3. The predicted octanol–water partition coefficient (Wildman–Crippen LogP) is 8.92. The van der Waals surface area contributed by atoms with Gasteiger partial charge in [0, 0.05) is 82.2 Å². The summed E-state index contributed by atoms with van der Waals surface area (Å²) in [4.78, 5) is 113. The number of hydrogen-bond donors (Lipinski definition) is 3. The van der Waals surface area contributed by atoms with Crippen LogP contribution in [-0.4, -0.2) is 173 Å². The van der Waals surface area contributed by atoms with Crippen LogP contribution in [0, 0.1) is 11.2 Å². The molecule has 7 amide bonds. The van der Waals surface area contributed by atoms with E-state index >= 15 is 14.4 Å². The topological polar surface area (TPSA) is 203 Å². The van der Waals surface area contributed by atoms with Crippen molar-refractivity contribution in [3.05, 3.63) is 130 Å². The molecule has 19 nitrogen and oxygen atoms in total. The van der Waals surface area contributed by atoms with Crippen LogP contribution in [0.4, 0.5) is 25.4 Å². The average molecular weight is 1240 g/mol. The fourth-order valence-corrected chi connectivity index (χ4v) is 13.0. The molecule has 2 saturated heterocycles. The van der Waals surface area contributed by atoms with E-state index in [-0.39, 0.29) is 73.8 Å². The zero-order valence-corrected chi connectivity index (χ0v) is 55.2. The molecule has 486 valence electrons. The number of nitrogens with one attached hydrogen (secondary N) is 3. The molecule has 2 fully saturated rings. The lowest BCUT2D eigenvalue weighted by atomic mass is 9.82. The van der Waals surface area contributed by atoms with Gasteiger partial charge in [-0.25, -0.2) is 14.0 Å². The van der Waals surface area contributed by atoms with Gasteiger partial charge in [-0.1, -0.05) is 75.4 Å². The molecule has 4 aliphatic heterocycles. The Labute approximate surface area is 530 Å². The Hall–Kier alpha value is -7.42. The van der Waals surface area contributed by atoms with E-state index in [1.807, 2.05) is 104 Å². The van der Waals surface area contributed by atoms with Gasteiger partial charge in [0.05, 0.1) is 31.2 Å². The van der Waals surface area contributed by atoms with Gasteiger partial charge in [0.2, 0.25) is 29.5 Å². The van der Waals surface area contributed by atoms with Gasteiger partial charge in [-0.3, -0.25) is 38.7 Å². The number of likely N-dealkylation sites (N-methyl/N-ethyl adjacent to an activating group) is 1. The summed E-state index contributed by atoms with van der Waals surface area (Å²) in [6.45, 7) is 26.8. The van der Waals surface area contributed by atoms with Crippen molar-refractivity contribution in [2.75, 3.05) is 69.7 Å². The molecule has 4 heterocycles. The molecule has 9 rings (SSSR count). The van der Waals surface area contributed by atoms with Crippen molar-refractivity contribution >= 4 is 53.1 Å². The average Bonchev–Trinajstić information content (AvgIpc) is 1.53. The Morgan fingerprint density at radius 3 is 2.19 bits per heavy atom. The number of anilines is 2. The molecule has 3 unspecified atom stereocenters. The number of rotatable bonds is 14. The van der Waals surface area contributed by atoms with Gasteiger partial charge in [0.25, 0.3) is 0 Å². The summed E-state index contributed by atoms with van der Waals surface area (Å²) < 4.78 is 31.3. The number of carbonyl (C=O) groups is 7. The maximum absolute atomic E-state index is 15.5. The number of piperazine rings is 1. The molecule has 0 radical (unpaired) electrons. The monoisotopic (exact) mass is 1240 g/mol. The molecule has 0 bridgehead atoms. The molecule has 1 aliphatic carbocycles. The first-order valence-corrected chi connectivity index (χ1v) is 31.9. The normalized spacial score (nSPS) is 22.9. The lowest BCUT2D eigenvalue weighted by Crippen LogP contribution is -2.64. The van der Waals surface area contributed by atoms with Crippen molar-refractivity contribution in [1.82, 2.24) is 35.1 Å². The molecular formula is C70H94FN9O10. The first-order valence-electron chi connectivity index (χ1n) is 31.9. The summed E-state index contributed by atoms with van der Waals surface area (Å²) in [6, 6.07) is 21.8. The van der Waals surface area contributed by atoms with E-state index in [4.69, 9.17) is 14.2 Å². The van der Waals surface area contributed by atoms with Gasteiger partial charge < -0.3 is 44.9 Å². The summed E-state index contributed by atoms with van der Waals surface area (Å²) in [6.07, 6.45) is 1.98. The number of amides is 7. The second-order valence-electron chi connectivity index (χ2n) is 28.8. The van der Waals surface area contributed by atoms with Crippen molar-refractivity contribution in [1.29, 1.82) is 0 Å². The molecule has 5 aliphatic rings. The minimum Gasteiger partial charge on any atom is -0.444 e. The third-order valence-electron chi connectivity index (χ3n) is 18.3. The minimum absolute atomic E-state index is 0.00410. The van der Waals surface area contributed by atoms with Crippen molar-refractivity contribution in [3.8, 4) is 0 Å². The van der Waals surface area contributed by atoms with Crippen LogP contribution >= 0.6 is 0 Å². The highest BCUT2D eigenvalue weighted by atomic mass is 19.1. The van der Waals surface area contributed by atoms with Crippen LogP contribution in [-0.2, 0) is 69.4 Å². The van der Waals surface area contributed by atoms with Crippen molar-refractivity contribution in [2.45, 2.75) is 188 Å². The number of aryl methyl sites for hydroxylation is 1. The lowest BCUT2D eigenvalue weighted by Gasteiger charge is -2.47. The Morgan fingerprint density at radius 1 is 0.800 bits per heavy atom. The van der Waals surface area contributed by atoms with Crippen LogP contribution in [0.1, 0.15) is 148 Å². The second-order valence-corrected chi connectivity index (χ2v) is 28.8. The van der Waals surface area contributed by atoms with Crippen LogP contribution in [0.3, 0.4) is 0 Å². The molecule has 8 atom stereocenters. The van der Waals surface area contributed by atoms with Crippen molar-refractivity contribution in [2.24, 2.45) is 5.41 Å². The quantitative estimate of drug-likeness (QED) is 0.108. The number of benzene rings is 4. The van der Waals surface area contributed by atoms with E-state index < -0.39 is 64.2 Å². The van der Waals surface area contributed by atoms with Crippen LogP contribution < -0.4 is 20.9 Å². The van der Waals surface area contributed by atoms with Gasteiger partial charge in [0.1, 0.15) is 35.1 Å². The van der Waals surface area contributed by atoms with Gasteiger partial charge in [-0.05, 0) is 170 Å². The molecule has 4 aromatic rings. The standard InChI is InChI=1S/C70H94FN9O10/c1-43-36-77(53(38-76-30-31-88-41-44(76)2)39-78(43)66(87)90-69(10,11)12)40-59(81)80-42-70(13,55-29-24-47(33-57(55)80)32-46-22-26-51(71)27-23-46)64(85)72-52-28-25-49-35-58(62(83)73-56-21-17-19-48-18-15-16-20-54(48)56)79(37-50(49)34-52)63(84)60(67(4,5)6)74-61(82)45(3)75(14)65(86)89-68(7,8)9/h15-16,18,20,22-29,33-34,43-45,53,56,58,60H,17,19,21,30-32,35-42H2,1-14H3,(H,72,85)(H,73,83)(H,74,82)/t43-,44-,45?,53+,56-,58+,60?,70?/m1/s1. The number of fused-ring (bicyclic) bond motifs is 3. The number of hydrogen-bond acceptors (Lipinski definition) is 12. The van der Waals surface area contributed by atoms with E-state index in [0.29, 0.717) is 68.3 Å². The van der Waals surface area contributed by atoms with Gasteiger partial charge >= 0.3 is 12.2 Å². The highest BCUT2D eigenvalue weighted by molar-refractivity contribution is 6.07. The summed E-state index contributed by atoms with van der Waals surface area (Å²) >= 11 is 0. The summed E-state index contributed by atoms with van der Waals surface area (Å²) in [5, 5.41) is 9.47. The maximum atomic E-state index is 15.5. The Morgan fingerprint density at radius 2 is 1.50 bits per heavy atom. The third kappa shape index (κ3) is 15.5. The summed E-state index contributed by atoms with van der Waals surface area (Å²) in [5.74, 6) is -2.35. The Balaban J connectivity index is 1.00. The predicted molar refractivity (Wildman–Crippen MR) is 343 cm³/mol. The number of nitrogens with zero attached hydrogens (tertiary/aromatic N) is 6. The lowest BCUT2D eigenvalue weighted by molar-refractivity contribution is -0.147. The molecule has 4 aromatic carbocycles. The fourth-order valence-electron chi connectivity index (χ4n) is 13.0. The third-order valence-corrected chi connectivity index (χ3v) is 18.3. The van der Waals surface area contributed by atoms with Crippen LogP contribution in [0.15, 0.2) is 84.9 Å². The van der Waals surface area contributed by atoms with Crippen molar-refractivity contribution in [3.63, 3.8) is 0 Å². The van der Waals surface area contributed by atoms with Gasteiger partial charge in [0.15, 0.2) is 0 Å². The minimum atomic E-state index is -1.28. The number of ether oxygens (including phenoxy) is 3. The van der Waals surface area contributed by atoms with E-state index in [1.54, 1.807) is 55.7 Å². The fraction of sp³-hybridized carbons (Fsp3) is 0.557. The van der Waals surface area contributed by atoms with Crippen LogP contribution in [0.5, 0.6) is 0 Å². The summed E-state index contributed by atoms with van der Waals surface area (Å²) in [7, 11) is 1.47. The molecule has 20 heteroatoms. The molecular weight excluding hydrogens is 1150 g/mol. The number of carbonyl (C=O) groups excluding carboxylic acids is 7. The highest BCUT2D eigenvalue weighted by Crippen LogP contribution is 2.43. The molecule has 0 spiro atoms. The molecule has 0 aromatic heterocycles. The Bertz CT molecular complexity index is 3340. The summed E-state index contributed by atoms with van der Waals surface area (Å²) in [5.41, 5.74) is 3.42. The second kappa shape index (κ2) is 26.8. The van der Waals surface area contributed by atoms with Crippen molar-refractivity contribution < 1.29 is 52.2 Å². The highest BCUT2D eigenvalue weighted by Gasteiger charge is 2.49. The zero-order valence-electron chi connectivity index (χ0n) is 55.2. The van der Waals surface area contributed by atoms with E-state index in [1.165, 1.54) is 29.0 Å². The van der Waals surface area contributed by atoms with Gasteiger partial charge in [-0.15, -0.1) is 0 Å². The maximum Gasteiger partial charge on any atom is 0.410 e. The molecule has 0 saturated carbocycles. The SMILES string of the molecule is CC(C(=O)NC(C(=O)N1Cc2cc(NC(=O)C3(C)CN(C(=O)CN4C[C@@H](C)N(C(=O)OC(C)(C)C)C[C@@H]4CN4CCOC[C@H]4C)c4cc(Cc5ccc(F)cc5)ccc43)ccc2C[C@H]1C(=O)N[C@@H]1CCCc2ccccc21)C(C)(C)C)N(C)C(=O)OC(C)(C)C. The van der Waals surface area contributed by atoms with Gasteiger partial charge in [-0.2, -0.15) is 0 Å². The smallest absolute Gasteiger partial charge is 0.410 e. The zero-order chi connectivity index (χ0) is 65.4. The van der Waals surface area contributed by atoms with Crippen LogP contribution in [0.2, 0.25) is 0 Å². The van der Waals surface area contributed by atoms with Crippen LogP contribution in [0.25, 0.3) is 0 Å². The van der Waals surface area contributed by atoms with E-state index in [9.17, 15) is 23.6 Å².